The van der Waals surface area contributed by atoms with Crippen LogP contribution in [0.25, 0.3) is 6.08 Å². The van der Waals surface area contributed by atoms with E-state index in [9.17, 15) is 4.79 Å². The van der Waals surface area contributed by atoms with E-state index in [0.717, 1.165) is 15.7 Å². The molecular formula is C23H25BrN2O4S. The summed E-state index contributed by atoms with van der Waals surface area (Å²) in [5.74, 6) is 1.15. The van der Waals surface area contributed by atoms with Gasteiger partial charge in [-0.2, -0.15) is 0 Å². The number of para-hydroxylation sites is 1. The molecule has 0 unspecified atom stereocenters. The van der Waals surface area contributed by atoms with Crippen LogP contribution in [0.15, 0.2) is 56.8 Å². The van der Waals surface area contributed by atoms with E-state index in [4.69, 9.17) is 14.2 Å². The lowest BCUT2D eigenvalue weighted by Gasteiger charge is -2.15. The molecule has 0 N–H and O–H groups in total. The second-order valence-corrected chi connectivity index (χ2v) is 8.32. The maximum absolute atomic E-state index is 13.2. The fourth-order valence-electron chi connectivity index (χ4n) is 2.99. The molecule has 0 aliphatic carbocycles. The van der Waals surface area contributed by atoms with Gasteiger partial charge in [-0.15, -0.1) is 0 Å². The average Bonchev–Trinajstić information content (AvgIpc) is 3.03. The van der Waals surface area contributed by atoms with Gasteiger partial charge in [0.25, 0.3) is 5.91 Å². The number of benzene rings is 2. The predicted molar refractivity (Wildman–Crippen MR) is 129 cm³/mol. The van der Waals surface area contributed by atoms with Crippen molar-refractivity contribution in [3.63, 3.8) is 0 Å². The summed E-state index contributed by atoms with van der Waals surface area (Å²) in [5, 5.41) is 0.639. The lowest BCUT2D eigenvalue weighted by molar-refractivity contribution is -0.122. The van der Waals surface area contributed by atoms with Crippen LogP contribution in [0.1, 0.15) is 19.4 Å². The number of aliphatic imine (C=N–C) groups is 1. The first-order valence-electron chi connectivity index (χ1n) is 10.0. The Balaban J connectivity index is 1.95. The van der Waals surface area contributed by atoms with Crippen molar-refractivity contribution in [3.8, 4) is 11.5 Å². The predicted octanol–water partition coefficient (Wildman–Crippen LogP) is 5.50. The van der Waals surface area contributed by atoms with Gasteiger partial charge in [0.1, 0.15) is 0 Å². The zero-order chi connectivity index (χ0) is 22.2. The van der Waals surface area contributed by atoms with Crippen LogP contribution in [0.2, 0.25) is 0 Å². The van der Waals surface area contributed by atoms with Gasteiger partial charge in [0.2, 0.25) is 0 Å². The summed E-state index contributed by atoms with van der Waals surface area (Å²) in [4.78, 5) is 20.1. The van der Waals surface area contributed by atoms with Gasteiger partial charge in [-0.05, 0) is 77.4 Å². The Morgan fingerprint density at radius 2 is 1.94 bits per heavy atom. The highest BCUT2D eigenvalue weighted by Crippen LogP contribution is 2.39. The fourth-order valence-corrected chi connectivity index (χ4v) is 4.63. The van der Waals surface area contributed by atoms with Gasteiger partial charge in [-0.3, -0.25) is 9.69 Å². The van der Waals surface area contributed by atoms with Crippen molar-refractivity contribution in [2.75, 3.05) is 33.5 Å². The van der Waals surface area contributed by atoms with E-state index in [1.807, 2.05) is 62.4 Å². The van der Waals surface area contributed by atoms with Crippen molar-refractivity contribution in [1.29, 1.82) is 0 Å². The molecule has 3 rings (SSSR count). The molecular weight excluding hydrogens is 480 g/mol. The van der Waals surface area contributed by atoms with E-state index in [-0.39, 0.29) is 5.91 Å². The first kappa shape index (κ1) is 23.4. The molecule has 2 aromatic carbocycles. The highest BCUT2D eigenvalue weighted by Gasteiger charge is 2.33. The smallest absolute Gasteiger partial charge is 0.266 e. The zero-order valence-corrected chi connectivity index (χ0v) is 20.2. The summed E-state index contributed by atoms with van der Waals surface area (Å²) in [5.41, 5.74) is 1.63. The standard InChI is InChI=1S/C23H25BrN2O4S/c1-4-29-12-11-26-22(27)20(31-23(26)25-17-9-7-6-8-10-17)15-16-13-18(24)21(28-3)19(14-16)30-5-2/h6-10,13-15H,4-5,11-12H2,1-3H3/b20-15-,25-23?. The third kappa shape index (κ3) is 5.90. The van der Waals surface area contributed by atoms with Crippen molar-refractivity contribution in [2.45, 2.75) is 13.8 Å². The topological polar surface area (TPSA) is 60.4 Å². The van der Waals surface area contributed by atoms with Crippen LogP contribution in [0, 0.1) is 0 Å². The van der Waals surface area contributed by atoms with Crippen LogP contribution in [-0.4, -0.2) is 49.4 Å². The zero-order valence-electron chi connectivity index (χ0n) is 17.8. The van der Waals surface area contributed by atoms with Gasteiger partial charge in [-0.25, -0.2) is 4.99 Å². The highest BCUT2D eigenvalue weighted by molar-refractivity contribution is 9.10. The molecule has 0 aromatic heterocycles. The van der Waals surface area contributed by atoms with E-state index < -0.39 is 0 Å². The number of methoxy groups -OCH3 is 1. The Morgan fingerprint density at radius 1 is 1.16 bits per heavy atom. The third-order valence-corrected chi connectivity index (χ3v) is 5.96. The summed E-state index contributed by atoms with van der Waals surface area (Å²) in [7, 11) is 1.60. The molecule has 164 valence electrons. The van der Waals surface area contributed by atoms with Crippen LogP contribution in [0.5, 0.6) is 11.5 Å². The maximum atomic E-state index is 13.2. The Kier molecular flexibility index (Phi) is 8.57. The molecule has 0 bridgehead atoms. The monoisotopic (exact) mass is 504 g/mol. The SMILES string of the molecule is CCOCCN1C(=O)/C(=C/c2cc(Br)c(OC)c(OCC)c2)SC1=Nc1ccccc1. The summed E-state index contributed by atoms with van der Waals surface area (Å²) in [6.07, 6.45) is 1.85. The van der Waals surface area contributed by atoms with E-state index in [2.05, 4.69) is 20.9 Å². The summed E-state index contributed by atoms with van der Waals surface area (Å²) < 4.78 is 17.3. The van der Waals surface area contributed by atoms with Gasteiger partial charge < -0.3 is 14.2 Å². The van der Waals surface area contributed by atoms with Crippen LogP contribution < -0.4 is 9.47 Å². The van der Waals surface area contributed by atoms with Crippen molar-refractivity contribution < 1.29 is 19.0 Å². The van der Waals surface area contributed by atoms with E-state index in [1.165, 1.54) is 11.8 Å². The minimum atomic E-state index is -0.0933. The summed E-state index contributed by atoms with van der Waals surface area (Å²) in [6.45, 7) is 5.85. The van der Waals surface area contributed by atoms with Crippen molar-refractivity contribution >= 4 is 50.5 Å². The Hall–Kier alpha value is -2.29. The number of amides is 1. The van der Waals surface area contributed by atoms with Gasteiger partial charge in [-0.1, -0.05) is 18.2 Å². The van der Waals surface area contributed by atoms with Gasteiger partial charge in [0, 0.05) is 6.61 Å². The number of hydrogen-bond donors (Lipinski definition) is 0. The minimum Gasteiger partial charge on any atom is -0.492 e. The van der Waals surface area contributed by atoms with Crippen LogP contribution in [0.4, 0.5) is 5.69 Å². The minimum absolute atomic E-state index is 0.0933. The molecule has 31 heavy (non-hydrogen) atoms. The maximum Gasteiger partial charge on any atom is 0.266 e. The third-order valence-electron chi connectivity index (χ3n) is 4.37. The first-order valence-corrected chi connectivity index (χ1v) is 11.6. The van der Waals surface area contributed by atoms with E-state index in [0.29, 0.717) is 47.9 Å². The van der Waals surface area contributed by atoms with Crippen LogP contribution in [-0.2, 0) is 9.53 Å². The Bertz CT molecular complexity index is 979. The molecule has 8 heteroatoms. The van der Waals surface area contributed by atoms with Gasteiger partial charge >= 0.3 is 0 Å². The molecule has 2 aromatic rings. The highest BCUT2D eigenvalue weighted by atomic mass is 79.9. The quantitative estimate of drug-likeness (QED) is 0.333. The molecule has 6 nitrogen and oxygen atoms in total. The molecule has 1 amide bonds. The normalized spacial score (nSPS) is 16.4. The molecule has 0 spiro atoms. The number of ether oxygens (including phenoxy) is 3. The molecule has 1 aliphatic rings. The van der Waals surface area contributed by atoms with Crippen LogP contribution in [0.3, 0.4) is 0 Å². The molecule has 0 atom stereocenters. The number of thioether (sulfide) groups is 1. The molecule has 0 radical (unpaired) electrons. The van der Waals surface area contributed by atoms with E-state index in [1.54, 1.807) is 12.0 Å². The lowest BCUT2D eigenvalue weighted by atomic mass is 10.2. The van der Waals surface area contributed by atoms with Crippen molar-refractivity contribution in [2.24, 2.45) is 4.99 Å². The molecule has 1 heterocycles. The van der Waals surface area contributed by atoms with Crippen molar-refractivity contribution in [1.82, 2.24) is 4.90 Å². The Morgan fingerprint density at radius 3 is 2.61 bits per heavy atom. The second-order valence-electron chi connectivity index (χ2n) is 6.46. The van der Waals surface area contributed by atoms with E-state index >= 15 is 0 Å². The number of nitrogens with zero attached hydrogens (tertiary/aromatic N) is 2. The number of carbonyl (C=O) groups excluding carboxylic acids is 1. The Labute approximate surface area is 195 Å². The second kappa shape index (κ2) is 11.4. The number of carbonyl (C=O) groups is 1. The lowest BCUT2D eigenvalue weighted by Crippen LogP contribution is -2.32. The number of amidine groups is 1. The van der Waals surface area contributed by atoms with Crippen LogP contribution >= 0.6 is 27.7 Å². The average molecular weight is 505 g/mol. The largest absolute Gasteiger partial charge is 0.492 e. The fraction of sp³-hybridized carbons (Fsp3) is 0.304. The van der Waals surface area contributed by atoms with Crippen molar-refractivity contribution in [3.05, 3.63) is 57.4 Å². The molecule has 1 fully saturated rings. The first-order chi connectivity index (χ1) is 15.1. The number of hydrogen-bond acceptors (Lipinski definition) is 6. The molecule has 1 saturated heterocycles. The molecule has 0 saturated carbocycles. The molecule has 1 aliphatic heterocycles. The summed E-state index contributed by atoms with van der Waals surface area (Å²) in [6, 6.07) is 13.4. The van der Waals surface area contributed by atoms with Gasteiger partial charge in [0.15, 0.2) is 16.7 Å². The van der Waals surface area contributed by atoms with Gasteiger partial charge in [0.05, 0.1) is 41.9 Å². The number of rotatable bonds is 9. The summed E-state index contributed by atoms with van der Waals surface area (Å²) >= 11 is 4.88. The number of halogens is 1.